The lowest BCUT2D eigenvalue weighted by molar-refractivity contribution is 0.0606. The predicted octanol–water partition coefficient (Wildman–Crippen LogP) is 2.19. The monoisotopic (exact) mass is 298 g/mol. The number of H-pyrrole nitrogens is 1. The molecule has 0 bridgehead atoms. The molecule has 5 nitrogen and oxygen atoms in total. The van der Waals surface area contributed by atoms with Crippen molar-refractivity contribution in [3.63, 3.8) is 0 Å². The summed E-state index contributed by atoms with van der Waals surface area (Å²) >= 11 is 0. The normalized spacial score (nSPS) is 21.6. The van der Waals surface area contributed by atoms with E-state index in [1.165, 1.54) is 18.5 Å². The van der Waals surface area contributed by atoms with E-state index in [0.717, 1.165) is 22.4 Å². The average Bonchev–Trinajstić information content (AvgIpc) is 3.15. The fourth-order valence-electron chi connectivity index (χ4n) is 3.08. The fraction of sp³-hybridized carbons (Fsp3) is 0.250. The molecule has 1 aliphatic heterocycles. The molecule has 1 aromatic carbocycles. The van der Waals surface area contributed by atoms with E-state index >= 15 is 0 Å². The molecule has 0 radical (unpaired) electrons. The number of β-amino-alcohol motifs (C(OH)–C–C–N with tert-alkyl or cyclic N) is 1. The molecule has 22 heavy (non-hydrogen) atoms. The van der Waals surface area contributed by atoms with Crippen LogP contribution in [0, 0.1) is 5.82 Å². The minimum Gasteiger partial charge on any atom is -0.383 e. The van der Waals surface area contributed by atoms with Gasteiger partial charge in [-0.25, -0.2) is 14.4 Å². The van der Waals surface area contributed by atoms with Crippen LogP contribution in [-0.4, -0.2) is 33.1 Å². The summed E-state index contributed by atoms with van der Waals surface area (Å²) in [5, 5.41) is 11.8. The third kappa shape index (κ3) is 2.03. The maximum atomic E-state index is 13.1. The van der Waals surface area contributed by atoms with Crippen molar-refractivity contribution in [1.82, 2.24) is 15.0 Å². The SMILES string of the molecule is OC1(c2ccc(F)cc2)CCN(c2ncnc3[nH]ccc23)C1. The van der Waals surface area contributed by atoms with Gasteiger partial charge in [-0.1, -0.05) is 12.1 Å². The first-order valence-corrected chi connectivity index (χ1v) is 7.17. The van der Waals surface area contributed by atoms with Gasteiger partial charge in [0, 0.05) is 12.7 Å². The molecule has 2 N–H and O–H groups in total. The van der Waals surface area contributed by atoms with Crippen molar-refractivity contribution in [3.8, 4) is 0 Å². The Balaban J connectivity index is 1.67. The minimum absolute atomic E-state index is 0.299. The summed E-state index contributed by atoms with van der Waals surface area (Å²) in [7, 11) is 0. The van der Waals surface area contributed by atoms with Crippen molar-refractivity contribution in [2.24, 2.45) is 0 Å². The van der Waals surface area contributed by atoms with Gasteiger partial charge in [-0.3, -0.25) is 0 Å². The Bertz CT molecular complexity index is 816. The molecule has 1 fully saturated rings. The van der Waals surface area contributed by atoms with Crippen LogP contribution in [-0.2, 0) is 5.60 Å². The maximum Gasteiger partial charge on any atom is 0.142 e. The number of fused-ring (bicyclic) bond motifs is 1. The minimum atomic E-state index is -0.985. The van der Waals surface area contributed by atoms with Gasteiger partial charge < -0.3 is 15.0 Å². The molecule has 1 atom stereocenters. The molecule has 1 unspecified atom stereocenters. The van der Waals surface area contributed by atoms with Gasteiger partial charge in [-0.15, -0.1) is 0 Å². The Morgan fingerprint density at radius 2 is 2.00 bits per heavy atom. The van der Waals surface area contributed by atoms with Gasteiger partial charge in [0.1, 0.15) is 29.2 Å². The van der Waals surface area contributed by atoms with Crippen LogP contribution in [0.5, 0.6) is 0 Å². The molecule has 112 valence electrons. The highest BCUT2D eigenvalue weighted by Gasteiger charge is 2.38. The van der Waals surface area contributed by atoms with Crippen molar-refractivity contribution < 1.29 is 9.50 Å². The van der Waals surface area contributed by atoms with Gasteiger partial charge in [0.25, 0.3) is 0 Å². The van der Waals surface area contributed by atoms with Crippen molar-refractivity contribution in [2.45, 2.75) is 12.0 Å². The van der Waals surface area contributed by atoms with Crippen LogP contribution in [0.25, 0.3) is 11.0 Å². The molecular formula is C16H15FN4O. The molecule has 1 saturated heterocycles. The number of hydrogen-bond acceptors (Lipinski definition) is 4. The smallest absolute Gasteiger partial charge is 0.142 e. The Morgan fingerprint density at radius 1 is 1.18 bits per heavy atom. The number of halogens is 1. The lowest BCUT2D eigenvalue weighted by Crippen LogP contribution is -2.31. The van der Waals surface area contributed by atoms with Gasteiger partial charge in [0.15, 0.2) is 0 Å². The number of nitrogens with zero attached hydrogens (tertiary/aromatic N) is 3. The highest BCUT2D eigenvalue weighted by Crippen LogP contribution is 2.35. The van der Waals surface area contributed by atoms with Crippen molar-refractivity contribution in [2.75, 3.05) is 18.0 Å². The lowest BCUT2D eigenvalue weighted by Gasteiger charge is -2.24. The zero-order valence-electron chi connectivity index (χ0n) is 11.8. The van der Waals surface area contributed by atoms with E-state index in [1.54, 1.807) is 12.1 Å². The van der Waals surface area contributed by atoms with E-state index in [4.69, 9.17) is 0 Å². The van der Waals surface area contributed by atoms with E-state index in [9.17, 15) is 9.50 Å². The van der Waals surface area contributed by atoms with Crippen LogP contribution in [0.15, 0.2) is 42.9 Å². The molecule has 2 aromatic heterocycles. The molecular weight excluding hydrogens is 283 g/mol. The Labute approximate surface area is 126 Å². The van der Waals surface area contributed by atoms with Gasteiger partial charge in [0.05, 0.1) is 11.9 Å². The number of aliphatic hydroxyl groups is 1. The zero-order valence-corrected chi connectivity index (χ0v) is 11.8. The zero-order chi connectivity index (χ0) is 15.2. The average molecular weight is 298 g/mol. The number of aromatic nitrogens is 3. The van der Waals surface area contributed by atoms with Crippen molar-refractivity contribution >= 4 is 16.9 Å². The number of rotatable bonds is 2. The number of aromatic amines is 1. The summed E-state index contributed by atoms with van der Waals surface area (Å²) in [6.07, 6.45) is 3.92. The maximum absolute atomic E-state index is 13.1. The summed E-state index contributed by atoms with van der Waals surface area (Å²) < 4.78 is 13.1. The first kappa shape index (κ1) is 13.2. The molecule has 0 saturated carbocycles. The van der Waals surface area contributed by atoms with Gasteiger partial charge in [-0.2, -0.15) is 0 Å². The van der Waals surface area contributed by atoms with Gasteiger partial charge in [-0.05, 0) is 30.2 Å². The van der Waals surface area contributed by atoms with Crippen LogP contribution in [0.4, 0.5) is 10.2 Å². The summed E-state index contributed by atoms with van der Waals surface area (Å²) in [5.74, 6) is 0.510. The summed E-state index contributed by atoms with van der Waals surface area (Å²) in [4.78, 5) is 13.6. The molecule has 0 aliphatic carbocycles. The quantitative estimate of drug-likeness (QED) is 0.761. The van der Waals surface area contributed by atoms with Crippen LogP contribution < -0.4 is 4.90 Å². The number of benzene rings is 1. The number of anilines is 1. The Kier molecular flexibility index (Phi) is 2.87. The van der Waals surface area contributed by atoms with Crippen LogP contribution in [0.3, 0.4) is 0 Å². The highest BCUT2D eigenvalue weighted by molar-refractivity contribution is 5.87. The second-order valence-electron chi connectivity index (χ2n) is 5.65. The third-order valence-electron chi connectivity index (χ3n) is 4.26. The standard InChI is InChI=1S/C16H15FN4O/c17-12-3-1-11(2-4-12)16(22)6-8-21(9-16)15-13-5-7-18-14(13)19-10-20-15/h1-5,7,10,22H,6,8-9H2,(H,18,19,20). The highest BCUT2D eigenvalue weighted by atomic mass is 19.1. The van der Waals surface area contributed by atoms with E-state index in [0.29, 0.717) is 19.5 Å². The number of hydrogen-bond donors (Lipinski definition) is 2. The Hall–Kier alpha value is -2.47. The van der Waals surface area contributed by atoms with Crippen LogP contribution >= 0.6 is 0 Å². The van der Waals surface area contributed by atoms with E-state index in [2.05, 4.69) is 15.0 Å². The second-order valence-corrected chi connectivity index (χ2v) is 5.65. The summed E-state index contributed by atoms with van der Waals surface area (Å²) in [6, 6.07) is 7.98. The summed E-state index contributed by atoms with van der Waals surface area (Å²) in [5.41, 5.74) is 0.527. The van der Waals surface area contributed by atoms with E-state index in [-0.39, 0.29) is 5.82 Å². The third-order valence-corrected chi connectivity index (χ3v) is 4.26. The Morgan fingerprint density at radius 3 is 2.82 bits per heavy atom. The van der Waals surface area contributed by atoms with Gasteiger partial charge >= 0.3 is 0 Å². The van der Waals surface area contributed by atoms with Crippen molar-refractivity contribution in [1.29, 1.82) is 0 Å². The first-order valence-electron chi connectivity index (χ1n) is 7.17. The van der Waals surface area contributed by atoms with Crippen LogP contribution in [0.1, 0.15) is 12.0 Å². The van der Waals surface area contributed by atoms with E-state index < -0.39 is 5.60 Å². The van der Waals surface area contributed by atoms with Crippen molar-refractivity contribution in [3.05, 3.63) is 54.2 Å². The second kappa shape index (κ2) is 4.78. The first-order chi connectivity index (χ1) is 10.7. The van der Waals surface area contributed by atoms with E-state index in [1.807, 2.05) is 17.2 Å². The molecule has 1 aliphatic rings. The molecule has 0 amide bonds. The molecule has 3 heterocycles. The largest absolute Gasteiger partial charge is 0.383 e. The lowest BCUT2D eigenvalue weighted by atomic mass is 9.93. The van der Waals surface area contributed by atoms with Crippen LogP contribution in [0.2, 0.25) is 0 Å². The molecule has 6 heteroatoms. The number of nitrogens with one attached hydrogen (secondary N) is 1. The topological polar surface area (TPSA) is 65.0 Å². The summed E-state index contributed by atoms with van der Waals surface area (Å²) in [6.45, 7) is 1.11. The van der Waals surface area contributed by atoms with Gasteiger partial charge in [0.2, 0.25) is 0 Å². The fourth-order valence-corrected chi connectivity index (χ4v) is 3.08. The molecule has 3 aromatic rings. The molecule has 0 spiro atoms. The predicted molar refractivity (Wildman–Crippen MR) is 81.0 cm³/mol. The molecule has 4 rings (SSSR count).